The molecule has 0 bridgehead atoms. The van der Waals surface area contributed by atoms with E-state index in [4.69, 9.17) is 0 Å². The van der Waals surface area contributed by atoms with Crippen LogP contribution in [0.3, 0.4) is 0 Å². The van der Waals surface area contributed by atoms with E-state index in [0.29, 0.717) is 55.0 Å². The lowest BCUT2D eigenvalue weighted by molar-refractivity contribution is -0.137. The van der Waals surface area contributed by atoms with Crippen molar-refractivity contribution >= 4 is 34.6 Å². The number of benzene rings is 1. The van der Waals surface area contributed by atoms with Gasteiger partial charge in [-0.15, -0.1) is 0 Å². The van der Waals surface area contributed by atoms with Crippen LogP contribution in [0.5, 0.6) is 0 Å². The molecule has 1 atom stereocenters. The molecular weight excluding hydrogens is 493 g/mol. The van der Waals surface area contributed by atoms with E-state index in [1.54, 1.807) is 12.1 Å². The summed E-state index contributed by atoms with van der Waals surface area (Å²) in [5.74, 6) is -0.385. The van der Waals surface area contributed by atoms with Crippen LogP contribution in [0.1, 0.15) is 35.2 Å². The van der Waals surface area contributed by atoms with Crippen LogP contribution in [0.2, 0.25) is 0 Å². The quantitative estimate of drug-likeness (QED) is 0.483. The monoisotopic (exact) mass is 516 g/mol. The average molecular weight is 516 g/mol. The second kappa shape index (κ2) is 9.37. The molecule has 2 aromatic heterocycles. The number of halogens is 3. The number of carboxylic acid groups (broad SMARTS) is 1. The van der Waals surface area contributed by atoms with E-state index in [0.717, 1.165) is 0 Å². The first kappa shape index (κ1) is 24.5. The maximum Gasteiger partial charge on any atom is 0.419 e. The zero-order chi connectivity index (χ0) is 26.3. The number of fused-ring (bicyclic) bond motifs is 1. The summed E-state index contributed by atoms with van der Waals surface area (Å²) in [7, 11) is 0. The van der Waals surface area contributed by atoms with Crippen LogP contribution in [0.4, 0.5) is 23.9 Å². The Labute approximate surface area is 208 Å². The number of aromatic nitrogens is 3. The van der Waals surface area contributed by atoms with Crippen molar-refractivity contribution in [2.24, 2.45) is 0 Å². The summed E-state index contributed by atoms with van der Waals surface area (Å²) in [6.07, 6.45) is -2.15. The van der Waals surface area contributed by atoms with Crippen molar-refractivity contribution in [1.29, 1.82) is 0 Å². The van der Waals surface area contributed by atoms with Crippen molar-refractivity contribution in [2.45, 2.75) is 31.5 Å². The summed E-state index contributed by atoms with van der Waals surface area (Å²) >= 11 is 0. The SMILES string of the molecule is O=C1CCN(C(=O)c2ccc3c(-c4nc(N[C@H]5CCCN(C(=O)O)C5)ncc4C(F)(F)F)c[nH]c3c2)C1. The predicted molar refractivity (Wildman–Crippen MR) is 126 cm³/mol. The third kappa shape index (κ3) is 4.93. The molecule has 3 aromatic rings. The summed E-state index contributed by atoms with van der Waals surface area (Å²) in [5.41, 5.74) is -0.426. The van der Waals surface area contributed by atoms with Gasteiger partial charge in [-0.25, -0.2) is 14.8 Å². The first-order valence-electron chi connectivity index (χ1n) is 11.7. The number of Topliss-reactive ketones (excluding diaryl/α,β-unsaturated/α-hetero) is 1. The minimum atomic E-state index is -4.72. The molecule has 2 aliphatic heterocycles. The van der Waals surface area contributed by atoms with Crippen molar-refractivity contribution in [2.75, 3.05) is 31.5 Å². The van der Waals surface area contributed by atoms with Crippen LogP contribution in [-0.2, 0) is 11.0 Å². The van der Waals surface area contributed by atoms with E-state index in [1.807, 2.05) is 0 Å². The zero-order valence-corrected chi connectivity index (χ0v) is 19.5. The second-order valence-corrected chi connectivity index (χ2v) is 9.14. The van der Waals surface area contributed by atoms with Crippen LogP contribution in [0, 0.1) is 0 Å². The standard InChI is InChI=1S/C24H23F3N6O4/c25-24(26,27)18-10-29-22(30-14-2-1-6-33(11-14)23(36)37)31-20(18)17-9-28-19-8-13(3-4-16(17)19)21(35)32-7-5-15(34)12-32/h3-4,8-10,14,28H,1-2,5-7,11-12H2,(H,36,37)(H,29,30,31)/t14-/m0/s1. The molecule has 0 aliphatic carbocycles. The normalized spacial score (nSPS) is 18.5. The Hall–Kier alpha value is -4.16. The fourth-order valence-electron chi connectivity index (χ4n) is 4.76. The topological polar surface area (TPSA) is 132 Å². The van der Waals surface area contributed by atoms with Gasteiger partial charge in [-0.2, -0.15) is 13.2 Å². The fraction of sp³-hybridized carbons (Fsp3) is 0.375. The van der Waals surface area contributed by atoms with Crippen molar-refractivity contribution in [3.8, 4) is 11.3 Å². The number of hydrogen-bond donors (Lipinski definition) is 3. The van der Waals surface area contributed by atoms with Gasteiger partial charge in [-0.3, -0.25) is 9.59 Å². The number of nitrogens with one attached hydrogen (secondary N) is 2. The zero-order valence-electron chi connectivity index (χ0n) is 19.5. The number of piperidine rings is 1. The van der Waals surface area contributed by atoms with Gasteiger partial charge in [0.15, 0.2) is 5.78 Å². The predicted octanol–water partition coefficient (Wildman–Crippen LogP) is 3.61. The number of ketones is 1. The molecular formula is C24H23F3N6O4. The fourth-order valence-corrected chi connectivity index (χ4v) is 4.76. The lowest BCUT2D eigenvalue weighted by Gasteiger charge is -2.31. The van der Waals surface area contributed by atoms with E-state index in [1.165, 1.54) is 22.1 Å². The molecule has 2 aliphatic rings. The summed E-state index contributed by atoms with van der Waals surface area (Å²) in [4.78, 5) is 49.2. The molecule has 194 valence electrons. The number of alkyl halides is 3. The first-order chi connectivity index (χ1) is 17.6. The van der Waals surface area contributed by atoms with Crippen LogP contribution in [-0.4, -0.2) is 79.9 Å². The number of hydrogen-bond acceptors (Lipinski definition) is 6. The van der Waals surface area contributed by atoms with Crippen molar-refractivity contribution in [1.82, 2.24) is 24.8 Å². The van der Waals surface area contributed by atoms with Crippen LogP contribution >= 0.6 is 0 Å². The molecule has 13 heteroatoms. The van der Waals surface area contributed by atoms with Gasteiger partial charge in [0.1, 0.15) is 5.56 Å². The Morgan fingerprint density at radius 2 is 2.00 bits per heavy atom. The van der Waals surface area contributed by atoms with Gasteiger partial charge >= 0.3 is 12.3 Å². The van der Waals surface area contributed by atoms with Gasteiger partial charge in [0, 0.05) is 66.5 Å². The number of carbonyl (C=O) groups is 3. The highest BCUT2D eigenvalue weighted by Gasteiger charge is 2.36. The molecule has 0 spiro atoms. The molecule has 5 rings (SSSR count). The molecule has 2 amide bonds. The van der Waals surface area contributed by atoms with Crippen molar-refractivity contribution in [3.63, 3.8) is 0 Å². The number of amides is 2. The van der Waals surface area contributed by atoms with Crippen LogP contribution in [0.25, 0.3) is 22.2 Å². The summed E-state index contributed by atoms with van der Waals surface area (Å²) in [6.45, 7) is 0.939. The average Bonchev–Trinajstić information content (AvgIpc) is 3.49. The number of anilines is 1. The van der Waals surface area contributed by atoms with Gasteiger partial charge in [-0.05, 0) is 25.0 Å². The van der Waals surface area contributed by atoms with E-state index < -0.39 is 17.8 Å². The highest BCUT2D eigenvalue weighted by atomic mass is 19.4. The molecule has 4 heterocycles. The Kier molecular flexibility index (Phi) is 6.21. The van der Waals surface area contributed by atoms with Gasteiger partial charge in [0.25, 0.3) is 5.91 Å². The number of aromatic amines is 1. The molecule has 3 N–H and O–H groups in total. The molecule has 2 fully saturated rings. The third-order valence-electron chi connectivity index (χ3n) is 6.62. The van der Waals surface area contributed by atoms with Crippen molar-refractivity contribution in [3.05, 3.63) is 41.7 Å². The van der Waals surface area contributed by atoms with E-state index in [2.05, 4.69) is 20.3 Å². The molecule has 0 radical (unpaired) electrons. The maximum absolute atomic E-state index is 13.9. The molecule has 0 saturated carbocycles. The minimum absolute atomic E-state index is 0.0201. The Balaban J connectivity index is 1.47. The second-order valence-electron chi connectivity index (χ2n) is 9.14. The number of nitrogens with zero attached hydrogens (tertiary/aromatic N) is 4. The number of rotatable bonds is 4. The van der Waals surface area contributed by atoms with Gasteiger partial charge in [0.05, 0.1) is 12.2 Å². The molecule has 0 unspecified atom stereocenters. The Morgan fingerprint density at radius 1 is 1.19 bits per heavy atom. The van der Waals surface area contributed by atoms with Crippen molar-refractivity contribution < 1.29 is 32.7 Å². The van der Waals surface area contributed by atoms with Crippen LogP contribution in [0.15, 0.2) is 30.6 Å². The summed E-state index contributed by atoms with van der Waals surface area (Å²) in [5, 5.41) is 12.6. The van der Waals surface area contributed by atoms with E-state index in [9.17, 15) is 32.7 Å². The van der Waals surface area contributed by atoms with Gasteiger partial charge in [-0.1, -0.05) is 6.07 Å². The number of H-pyrrole nitrogens is 1. The third-order valence-corrected chi connectivity index (χ3v) is 6.62. The first-order valence-corrected chi connectivity index (χ1v) is 11.7. The van der Waals surface area contributed by atoms with E-state index in [-0.39, 0.29) is 48.0 Å². The molecule has 1 aromatic carbocycles. The Bertz CT molecular complexity index is 1390. The molecule has 2 saturated heterocycles. The highest BCUT2D eigenvalue weighted by Crippen LogP contribution is 2.39. The van der Waals surface area contributed by atoms with Gasteiger partial charge < -0.3 is 25.2 Å². The lowest BCUT2D eigenvalue weighted by atomic mass is 10.0. The number of carbonyl (C=O) groups excluding carboxylic acids is 2. The molecule has 10 nitrogen and oxygen atoms in total. The van der Waals surface area contributed by atoms with E-state index >= 15 is 0 Å². The minimum Gasteiger partial charge on any atom is -0.465 e. The maximum atomic E-state index is 13.9. The number of likely N-dealkylation sites (tertiary alicyclic amines) is 2. The molecule has 37 heavy (non-hydrogen) atoms. The summed E-state index contributed by atoms with van der Waals surface area (Å²) < 4.78 is 41.7. The highest BCUT2D eigenvalue weighted by molar-refractivity contribution is 6.03. The summed E-state index contributed by atoms with van der Waals surface area (Å²) in [6, 6.07) is 4.26. The van der Waals surface area contributed by atoms with Crippen LogP contribution < -0.4 is 5.32 Å². The lowest BCUT2D eigenvalue weighted by Crippen LogP contribution is -2.44. The largest absolute Gasteiger partial charge is 0.465 e. The van der Waals surface area contributed by atoms with Gasteiger partial charge in [0.2, 0.25) is 5.95 Å². The Morgan fingerprint density at radius 3 is 2.70 bits per heavy atom. The smallest absolute Gasteiger partial charge is 0.419 e.